The lowest BCUT2D eigenvalue weighted by Crippen LogP contribution is -2.63. The Bertz CT molecular complexity index is 1190. The van der Waals surface area contributed by atoms with Crippen molar-refractivity contribution in [2.45, 2.75) is 38.2 Å². The van der Waals surface area contributed by atoms with E-state index in [1.807, 2.05) is 35.2 Å². The molecule has 186 valence electrons. The topological polar surface area (TPSA) is 104 Å². The maximum Gasteiger partial charge on any atom is 0.230 e. The van der Waals surface area contributed by atoms with Crippen LogP contribution in [0.25, 0.3) is 11.4 Å². The monoisotopic (exact) mass is 561 g/mol. The standard InChI is InChI=1S/C25H28BrN5O3.ClH/c1-16(32)31-9-7-17(8-10-31)23-29-22(30-34-23)18-11-20(13-27-12-18)25(33,24(2)14-28-15-24)19-3-5-21(26)6-4-19;/h3-6,11-13,17,28,33H,7-10,14-15H2,1-2H3;1H/t25-;/m0./s1. The van der Waals surface area contributed by atoms with E-state index in [0.29, 0.717) is 49.0 Å². The molecule has 8 nitrogen and oxygen atoms in total. The van der Waals surface area contributed by atoms with Gasteiger partial charge in [-0.25, -0.2) is 0 Å². The van der Waals surface area contributed by atoms with Gasteiger partial charge in [-0.15, -0.1) is 12.4 Å². The first kappa shape index (κ1) is 25.8. The number of likely N-dealkylation sites (tertiary alicyclic amines) is 1. The third kappa shape index (κ3) is 4.62. The first-order valence-corrected chi connectivity index (χ1v) is 12.3. The van der Waals surface area contributed by atoms with Crippen LogP contribution in [0.2, 0.25) is 0 Å². The molecule has 0 aliphatic carbocycles. The summed E-state index contributed by atoms with van der Waals surface area (Å²) in [4.78, 5) is 22.5. The molecule has 2 fully saturated rings. The lowest BCUT2D eigenvalue weighted by molar-refractivity contribution is -0.129. The van der Waals surface area contributed by atoms with E-state index in [0.717, 1.165) is 22.9 Å². The molecule has 35 heavy (non-hydrogen) atoms. The number of piperidine rings is 1. The Hall–Kier alpha value is -2.33. The van der Waals surface area contributed by atoms with Gasteiger partial charge in [0.1, 0.15) is 5.60 Å². The summed E-state index contributed by atoms with van der Waals surface area (Å²) in [6, 6.07) is 9.68. The smallest absolute Gasteiger partial charge is 0.230 e. The van der Waals surface area contributed by atoms with Gasteiger partial charge >= 0.3 is 0 Å². The van der Waals surface area contributed by atoms with Crippen LogP contribution < -0.4 is 5.32 Å². The van der Waals surface area contributed by atoms with Gasteiger partial charge in [0.05, 0.1) is 0 Å². The number of halogens is 2. The maximum atomic E-state index is 12.2. The summed E-state index contributed by atoms with van der Waals surface area (Å²) in [6.07, 6.45) is 5.01. The Morgan fingerprint density at radius 3 is 2.49 bits per heavy atom. The Kier molecular flexibility index (Phi) is 7.33. The minimum absolute atomic E-state index is 0. The molecule has 3 aromatic rings. The fourth-order valence-electron chi connectivity index (χ4n) is 5.03. The van der Waals surface area contributed by atoms with E-state index in [9.17, 15) is 9.90 Å². The van der Waals surface area contributed by atoms with Crippen LogP contribution in [0.15, 0.2) is 51.7 Å². The fourth-order valence-corrected chi connectivity index (χ4v) is 5.29. The molecular weight excluding hydrogens is 534 g/mol. The van der Waals surface area contributed by atoms with E-state index in [4.69, 9.17) is 4.52 Å². The Labute approximate surface area is 219 Å². The van der Waals surface area contributed by atoms with Crippen LogP contribution in [0.3, 0.4) is 0 Å². The van der Waals surface area contributed by atoms with Crippen LogP contribution in [0, 0.1) is 5.41 Å². The SMILES string of the molecule is CC(=O)N1CCC(c2nc(-c3cncc([C@@](O)(c4ccc(Br)cc4)C4(C)CNC4)c3)no2)CC1.Cl. The first-order chi connectivity index (χ1) is 16.3. The van der Waals surface area contributed by atoms with Crippen molar-refractivity contribution in [2.75, 3.05) is 26.2 Å². The third-order valence-electron chi connectivity index (χ3n) is 7.31. The number of hydrogen-bond donors (Lipinski definition) is 2. The molecule has 0 spiro atoms. The van der Waals surface area contributed by atoms with E-state index in [1.165, 1.54) is 0 Å². The highest BCUT2D eigenvalue weighted by Gasteiger charge is 2.53. The van der Waals surface area contributed by atoms with Crippen molar-refractivity contribution in [3.8, 4) is 11.4 Å². The Morgan fingerprint density at radius 2 is 1.89 bits per heavy atom. The normalized spacial score (nSPS) is 19.4. The molecule has 4 heterocycles. The molecule has 2 aliphatic heterocycles. The number of hydrogen-bond acceptors (Lipinski definition) is 7. The quantitative estimate of drug-likeness (QED) is 0.486. The summed E-state index contributed by atoms with van der Waals surface area (Å²) >= 11 is 3.48. The van der Waals surface area contributed by atoms with Gasteiger partial charge in [-0.2, -0.15) is 4.98 Å². The predicted octanol–water partition coefficient (Wildman–Crippen LogP) is 3.89. The van der Waals surface area contributed by atoms with E-state index in [1.54, 1.807) is 19.3 Å². The summed E-state index contributed by atoms with van der Waals surface area (Å²) in [5, 5.41) is 19.7. The number of aromatic nitrogens is 3. The lowest BCUT2D eigenvalue weighted by atomic mass is 9.63. The number of nitrogens with one attached hydrogen (secondary N) is 1. The number of benzene rings is 1. The highest BCUT2D eigenvalue weighted by atomic mass is 79.9. The van der Waals surface area contributed by atoms with Gasteiger partial charge in [-0.1, -0.05) is 40.1 Å². The van der Waals surface area contributed by atoms with Gasteiger partial charge in [-0.3, -0.25) is 9.78 Å². The molecule has 2 aliphatic rings. The molecule has 1 aromatic carbocycles. The van der Waals surface area contributed by atoms with Gasteiger partial charge < -0.3 is 19.8 Å². The maximum absolute atomic E-state index is 12.2. The zero-order chi connectivity index (χ0) is 23.9. The second kappa shape index (κ2) is 9.97. The van der Waals surface area contributed by atoms with Crippen molar-refractivity contribution in [1.29, 1.82) is 0 Å². The van der Waals surface area contributed by atoms with Crippen molar-refractivity contribution in [1.82, 2.24) is 25.3 Å². The summed E-state index contributed by atoms with van der Waals surface area (Å²) < 4.78 is 6.56. The van der Waals surface area contributed by atoms with Gasteiger partial charge in [-0.05, 0) is 36.6 Å². The molecule has 0 radical (unpaired) electrons. The third-order valence-corrected chi connectivity index (χ3v) is 7.84. The molecule has 1 atom stereocenters. The van der Waals surface area contributed by atoms with Crippen molar-refractivity contribution < 1.29 is 14.4 Å². The van der Waals surface area contributed by atoms with Crippen LogP contribution in [0.4, 0.5) is 0 Å². The molecule has 1 amide bonds. The van der Waals surface area contributed by atoms with Gasteiger partial charge in [0, 0.05) is 72.4 Å². The molecular formula is C25H29BrClN5O3. The van der Waals surface area contributed by atoms with Gasteiger partial charge in [0.15, 0.2) is 0 Å². The highest BCUT2D eigenvalue weighted by Crippen LogP contribution is 2.48. The second-order valence-corrected chi connectivity index (χ2v) is 10.5. The van der Waals surface area contributed by atoms with Gasteiger partial charge in [0.2, 0.25) is 17.6 Å². The minimum atomic E-state index is -1.24. The molecule has 0 unspecified atom stereocenters. The number of rotatable bonds is 5. The predicted molar refractivity (Wildman–Crippen MR) is 137 cm³/mol. The Balaban J connectivity index is 0.00000289. The number of pyridine rings is 1. The average molecular weight is 563 g/mol. The molecule has 0 saturated carbocycles. The van der Waals surface area contributed by atoms with E-state index in [2.05, 4.69) is 43.3 Å². The highest BCUT2D eigenvalue weighted by molar-refractivity contribution is 9.10. The summed E-state index contributed by atoms with van der Waals surface area (Å²) in [5.41, 5.74) is 0.560. The number of carbonyl (C=O) groups excluding carboxylic acids is 1. The largest absolute Gasteiger partial charge is 0.380 e. The number of aliphatic hydroxyl groups is 1. The summed E-state index contributed by atoms with van der Waals surface area (Å²) in [6.45, 7) is 6.45. The second-order valence-electron chi connectivity index (χ2n) is 9.58. The number of carbonyl (C=O) groups is 1. The molecule has 2 N–H and O–H groups in total. The van der Waals surface area contributed by atoms with Crippen molar-refractivity contribution in [3.05, 3.63) is 64.2 Å². The van der Waals surface area contributed by atoms with Crippen molar-refractivity contribution in [2.24, 2.45) is 5.41 Å². The Morgan fingerprint density at radius 1 is 1.20 bits per heavy atom. The van der Waals surface area contributed by atoms with Crippen molar-refractivity contribution in [3.63, 3.8) is 0 Å². The van der Waals surface area contributed by atoms with Crippen LogP contribution in [0.1, 0.15) is 49.6 Å². The molecule has 2 aromatic heterocycles. The van der Waals surface area contributed by atoms with E-state index >= 15 is 0 Å². The number of nitrogens with zero attached hydrogens (tertiary/aromatic N) is 4. The lowest BCUT2D eigenvalue weighted by Gasteiger charge is -2.52. The molecule has 0 bridgehead atoms. The summed E-state index contributed by atoms with van der Waals surface area (Å²) in [5.74, 6) is 1.27. The zero-order valence-corrected chi connectivity index (χ0v) is 22.1. The average Bonchev–Trinajstić information content (AvgIpc) is 3.33. The van der Waals surface area contributed by atoms with Crippen LogP contribution in [-0.2, 0) is 10.4 Å². The fraction of sp³-hybridized carbons (Fsp3) is 0.440. The molecule has 5 rings (SSSR count). The minimum Gasteiger partial charge on any atom is -0.380 e. The van der Waals surface area contributed by atoms with Crippen LogP contribution >= 0.6 is 28.3 Å². The van der Waals surface area contributed by atoms with Crippen LogP contribution in [0.5, 0.6) is 0 Å². The van der Waals surface area contributed by atoms with Crippen LogP contribution in [-0.4, -0.2) is 57.2 Å². The molecule has 2 saturated heterocycles. The van der Waals surface area contributed by atoms with E-state index in [-0.39, 0.29) is 24.2 Å². The zero-order valence-electron chi connectivity index (χ0n) is 19.7. The molecule has 10 heteroatoms. The number of amides is 1. The summed E-state index contributed by atoms with van der Waals surface area (Å²) in [7, 11) is 0. The van der Waals surface area contributed by atoms with Gasteiger partial charge in [0.25, 0.3) is 0 Å². The van der Waals surface area contributed by atoms with Crippen molar-refractivity contribution >= 4 is 34.2 Å². The first-order valence-electron chi connectivity index (χ1n) is 11.5. The van der Waals surface area contributed by atoms with E-state index < -0.39 is 11.0 Å².